The van der Waals surface area contributed by atoms with E-state index in [4.69, 9.17) is 11.6 Å². The van der Waals surface area contributed by atoms with E-state index in [0.717, 1.165) is 41.4 Å². The van der Waals surface area contributed by atoms with Gasteiger partial charge in [0.25, 0.3) is 11.5 Å². The van der Waals surface area contributed by atoms with E-state index in [1.165, 1.54) is 24.3 Å². The summed E-state index contributed by atoms with van der Waals surface area (Å²) in [7, 11) is 1.67. The summed E-state index contributed by atoms with van der Waals surface area (Å²) in [6, 6.07) is 11.9. The van der Waals surface area contributed by atoms with Gasteiger partial charge in [0.1, 0.15) is 5.82 Å². The first kappa shape index (κ1) is 22.9. The number of amides is 1. The van der Waals surface area contributed by atoms with Crippen LogP contribution in [0, 0.1) is 5.82 Å². The Morgan fingerprint density at radius 1 is 1.06 bits per heavy atom. The second-order valence-electron chi connectivity index (χ2n) is 8.25. The van der Waals surface area contributed by atoms with Crippen LogP contribution in [0.4, 0.5) is 4.39 Å². The topological polar surface area (TPSA) is 77.2 Å². The highest BCUT2D eigenvalue weighted by molar-refractivity contribution is 6.30. The average Bonchev–Trinajstić information content (AvgIpc) is 2.83. The van der Waals surface area contributed by atoms with Crippen LogP contribution >= 0.6 is 11.6 Å². The van der Waals surface area contributed by atoms with Crippen LogP contribution in [0.3, 0.4) is 0 Å². The van der Waals surface area contributed by atoms with Crippen LogP contribution in [0.15, 0.2) is 58.1 Å². The molecule has 172 valence electrons. The van der Waals surface area contributed by atoms with Crippen LogP contribution in [0.25, 0.3) is 5.69 Å². The number of carbonyl (C=O) groups excluding carboxylic acids is 1. The van der Waals surface area contributed by atoms with E-state index in [1.54, 1.807) is 36.2 Å². The predicted octanol–water partition coefficient (Wildman–Crippen LogP) is 3.64. The number of rotatable bonds is 5. The predicted molar refractivity (Wildman–Crippen MR) is 124 cm³/mol. The van der Waals surface area contributed by atoms with Crippen molar-refractivity contribution < 1.29 is 9.18 Å². The Morgan fingerprint density at radius 2 is 1.70 bits per heavy atom. The molecule has 2 aromatic carbocycles. The minimum atomic E-state index is -0.776. The van der Waals surface area contributed by atoms with Gasteiger partial charge in [-0.15, -0.1) is 0 Å². The molecule has 0 atom stereocenters. The van der Waals surface area contributed by atoms with Gasteiger partial charge in [0.2, 0.25) is 5.69 Å². The third-order valence-corrected chi connectivity index (χ3v) is 6.28. The zero-order chi connectivity index (χ0) is 23.5. The van der Waals surface area contributed by atoms with Gasteiger partial charge in [0.05, 0.1) is 12.2 Å². The molecule has 1 fully saturated rings. The first-order chi connectivity index (χ1) is 15.8. The van der Waals surface area contributed by atoms with E-state index in [-0.39, 0.29) is 18.3 Å². The normalized spacial score (nSPS) is 14.3. The lowest BCUT2D eigenvalue weighted by atomic mass is 9.94. The fourth-order valence-electron chi connectivity index (χ4n) is 4.11. The molecule has 1 aliphatic carbocycles. The number of benzene rings is 2. The van der Waals surface area contributed by atoms with Gasteiger partial charge in [-0.3, -0.25) is 14.2 Å². The van der Waals surface area contributed by atoms with Crippen LogP contribution < -0.4 is 11.2 Å². The van der Waals surface area contributed by atoms with Crippen LogP contribution in [-0.4, -0.2) is 38.2 Å². The van der Waals surface area contributed by atoms with E-state index in [2.05, 4.69) is 5.10 Å². The second kappa shape index (κ2) is 9.70. The summed E-state index contributed by atoms with van der Waals surface area (Å²) in [4.78, 5) is 41.4. The average molecular weight is 471 g/mol. The molecule has 1 amide bonds. The molecule has 3 aromatic rings. The van der Waals surface area contributed by atoms with Crippen molar-refractivity contribution in [2.75, 3.05) is 7.05 Å². The highest BCUT2D eigenvalue weighted by atomic mass is 35.5. The summed E-state index contributed by atoms with van der Waals surface area (Å²) in [6.45, 7) is -0.124. The molecule has 1 saturated carbocycles. The molecule has 33 heavy (non-hydrogen) atoms. The number of aromatic nitrogens is 3. The number of carbonyl (C=O) groups is 1. The van der Waals surface area contributed by atoms with Gasteiger partial charge < -0.3 is 4.90 Å². The monoisotopic (exact) mass is 470 g/mol. The maximum atomic E-state index is 13.3. The van der Waals surface area contributed by atoms with Gasteiger partial charge in [-0.1, -0.05) is 43.0 Å². The van der Waals surface area contributed by atoms with Crippen LogP contribution in [-0.2, 0) is 6.54 Å². The number of hydrogen-bond acceptors (Lipinski definition) is 4. The van der Waals surface area contributed by atoms with E-state index in [0.29, 0.717) is 16.3 Å². The quantitative estimate of drug-likeness (QED) is 0.570. The van der Waals surface area contributed by atoms with Crippen LogP contribution in [0.2, 0.25) is 5.02 Å². The molecule has 0 spiro atoms. The molecule has 0 N–H and O–H groups in total. The molecule has 0 bridgehead atoms. The third kappa shape index (κ3) is 4.90. The molecule has 1 aliphatic rings. The third-order valence-electron chi connectivity index (χ3n) is 6.03. The van der Waals surface area contributed by atoms with E-state index < -0.39 is 23.0 Å². The van der Waals surface area contributed by atoms with E-state index >= 15 is 0 Å². The Bertz CT molecular complexity index is 1260. The molecule has 1 heterocycles. The Kier molecular flexibility index (Phi) is 6.74. The lowest BCUT2D eigenvalue weighted by Gasteiger charge is -2.30. The Labute approximate surface area is 195 Å². The number of halogens is 2. The molecule has 1 aromatic heterocycles. The van der Waals surface area contributed by atoms with Crippen molar-refractivity contribution in [3.63, 3.8) is 0 Å². The number of hydrogen-bond donors (Lipinski definition) is 0. The number of nitrogens with zero attached hydrogens (tertiary/aromatic N) is 4. The maximum absolute atomic E-state index is 13.3. The van der Waals surface area contributed by atoms with Gasteiger partial charge in [-0.25, -0.2) is 9.18 Å². The van der Waals surface area contributed by atoms with Gasteiger partial charge >= 0.3 is 5.69 Å². The van der Waals surface area contributed by atoms with Crippen molar-refractivity contribution >= 4 is 17.5 Å². The molecule has 0 radical (unpaired) electrons. The van der Waals surface area contributed by atoms with Crippen molar-refractivity contribution in [3.05, 3.63) is 91.5 Å². The summed E-state index contributed by atoms with van der Waals surface area (Å²) in [5, 5.41) is 4.65. The summed E-state index contributed by atoms with van der Waals surface area (Å²) in [6.07, 6.45) is 4.90. The summed E-state index contributed by atoms with van der Waals surface area (Å²) in [5.41, 5.74) is -0.902. The largest absolute Gasteiger partial charge is 0.352 e. The van der Waals surface area contributed by atoms with Gasteiger partial charge in [-0.2, -0.15) is 9.78 Å². The van der Waals surface area contributed by atoms with Crippen LogP contribution in [0.1, 0.15) is 48.2 Å². The molecule has 7 nitrogen and oxygen atoms in total. The molecule has 0 unspecified atom stereocenters. The van der Waals surface area contributed by atoms with Gasteiger partial charge in [0.15, 0.2) is 0 Å². The highest BCUT2D eigenvalue weighted by Crippen LogP contribution is 2.22. The van der Waals surface area contributed by atoms with E-state index in [9.17, 15) is 18.8 Å². The second-order valence-corrected chi connectivity index (χ2v) is 8.68. The molecule has 0 aliphatic heterocycles. The fourth-order valence-corrected chi connectivity index (χ4v) is 4.24. The first-order valence-corrected chi connectivity index (χ1v) is 11.2. The molecular formula is C24H24ClFN4O3. The minimum absolute atomic E-state index is 0.0221. The standard InChI is InChI=1S/C24H24ClFN4O3/c1-28(19-5-3-2-4-6-19)22(31)21-23(32)29(15-16-7-11-18(26)12-8-16)24(33)30(27-21)20-13-9-17(25)10-14-20/h7-14,19H,2-6,15H2,1H3. The smallest absolute Gasteiger partial charge is 0.337 e. The Morgan fingerprint density at radius 3 is 2.33 bits per heavy atom. The Balaban J connectivity index is 1.82. The summed E-state index contributed by atoms with van der Waals surface area (Å²) < 4.78 is 15.3. The summed E-state index contributed by atoms with van der Waals surface area (Å²) in [5.74, 6) is -0.952. The van der Waals surface area contributed by atoms with E-state index in [1.807, 2.05) is 0 Å². The summed E-state index contributed by atoms with van der Waals surface area (Å²) >= 11 is 5.97. The molecule has 0 saturated heterocycles. The Hall–Kier alpha value is -3.26. The zero-order valence-corrected chi connectivity index (χ0v) is 19.0. The first-order valence-electron chi connectivity index (χ1n) is 10.9. The zero-order valence-electron chi connectivity index (χ0n) is 18.2. The molecular weight excluding hydrogens is 447 g/mol. The fraction of sp³-hybridized carbons (Fsp3) is 0.333. The molecule has 4 rings (SSSR count). The maximum Gasteiger partial charge on any atom is 0.352 e. The van der Waals surface area contributed by atoms with Crippen molar-refractivity contribution in [2.45, 2.75) is 44.7 Å². The SMILES string of the molecule is CN(C(=O)c1nn(-c2ccc(Cl)cc2)c(=O)n(Cc2ccc(F)cc2)c1=O)C1CCCCC1. The van der Waals surface area contributed by atoms with Crippen molar-refractivity contribution in [2.24, 2.45) is 0 Å². The molecule has 9 heteroatoms. The van der Waals surface area contributed by atoms with Crippen LogP contribution in [0.5, 0.6) is 0 Å². The lowest BCUT2D eigenvalue weighted by Crippen LogP contribution is -2.48. The lowest BCUT2D eigenvalue weighted by molar-refractivity contribution is 0.0684. The highest BCUT2D eigenvalue weighted by Gasteiger charge is 2.28. The van der Waals surface area contributed by atoms with Crippen molar-refractivity contribution in [1.29, 1.82) is 0 Å². The van der Waals surface area contributed by atoms with Crippen molar-refractivity contribution in [3.8, 4) is 5.69 Å². The minimum Gasteiger partial charge on any atom is -0.337 e. The van der Waals surface area contributed by atoms with Gasteiger partial charge in [0, 0.05) is 18.1 Å². The van der Waals surface area contributed by atoms with Gasteiger partial charge in [-0.05, 0) is 54.8 Å². The van der Waals surface area contributed by atoms with Crippen molar-refractivity contribution in [1.82, 2.24) is 19.2 Å².